The Morgan fingerprint density at radius 1 is 1.29 bits per heavy atom. The first-order chi connectivity index (χ1) is 10.00. The molecule has 1 aliphatic rings. The van der Waals surface area contributed by atoms with Crippen molar-refractivity contribution in [2.24, 2.45) is 0 Å². The van der Waals surface area contributed by atoms with Crippen molar-refractivity contribution < 1.29 is 8.42 Å². The van der Waals surface area contributed by atoms with E-state index in [4.69, 9.17) is 0 Å². The summed E-state index contributed by atoms with van der Waals surface area (Å²) in [6, 6.07) is 7.74. The lowest BCUT2D eigenvalue weighted by Crippen LogP contribution is -2.35. The third-order valence-corrected chi connectivity index (χ3v) is 6.19. The first-order valence-electron chi connectivity index (χ1n) is 6.79. The standard InChI is InChI=1S/C14H17N3O2S2/c1-11(2)16-10-12(9-15-16)21(18,19)17-7-8-20-14-6-4-3-5-13(14)17/h3-6,9-11H,7-8H2,1-2H3. The highest BCUT2D eigenvalue weighted by Crippen LogP contribution is 2.37. The Kier molecular flexibility index (Phi) is 3.71. The van der Waals surface area contributed by atoms with Crippen LogP contribution in [0.4, 0.5) is 5.69 Å². The van der Waals surface area contributed by atoms with Crippen LogP contribution in [0.5, 0.6) is 0 Å². The number of rotatable bonds is 3. The number of para-hydroxylation sites is 1. The van der Waals surface area contributed by atoms with Crippen molar-refractivity contribution in [3.63, 3.8) is 0 Å². The molecule has 0 fully saturated rings. The molecule has 0 saturated heterocycles. The summed E-state index contributed by atoms with van der Waals surface area (Å²) >= 11 is 1.69. The van der Waals surface area contributed by atoms with E-state index in [0.717, 1.165) is 16.3 Å². The topological polar surface area (TPSA) is 55.2 Å². The van der Waals surface area contributed by atoms with Gasteiger partial charge in [-0.2, -0.15) is 5.10 Å². The molecular weight excluding hydrogens is 306 g/mol. The number of aromatic nitrogens is 2. The van der Waals surface area contributed by atoms with Crippen LogP contribution in [0.3, 0.4) is 0 Å². The van der Waals surface area contributed by atoms with Crippen LogP contribution in [0, 0.1) is 0 Å². The number of fused-ring (bicyclic) bond motifs is 1. The Bertz CT molecular complexity index is 753. The van der Waals surface area contributed by atoms with Gasteiger partial charge in [-0.3, -0.25) is 8.99 Å². The molecule has 0 bridgehead atoms. The maximum absolute atomic E-state index is 12.8. The largest absolute Gasteiger partial charge is 0.269 e. The summed E-state index contributed by atoms with van der Waals surface area (Å²) in [4.78, 5) is 1.25. The molecule has 112 valence electrons. The maximum Gasteiger partial charge on any atom is 0.267 e. The van der Waals surface area contributed by atoms with E-state index >= 15 is 0 Å². The van der Waals surface area contributed by atoms with Crippen molar-refractivity contribution in [3.8, 4) is 0 Å². The van der Waals surface area contributed by atoms with Crippen LogP contribution in [0.1, 0.15) is 19.9 Å². The summed E-state index contributed by atoms with van der Waals surface area (Å²) in [6.45, 7) is 4.42. The quantitative estimate of drug-likeness (QED) is 0.871. The minimum absolute atomic E-state index is 0.137. The normalized spacial score (nSPS) is 15.3. The van der Waals surface area contributed by atoms with E-state index in [-0.39, 0.29) is 10.9 Å². The van der Waals surface area contributed by atoms with E-state index in [1.807, 2.05) is 38.1 Å². The Morgan fingerprint density at radius 3 is 2.76 bits per heavy atom. The van der Waals surface area contributed by atoms with Gasteiger partial charge in [0, 0.05) is 29.4 Å². The van der Waals surface area contributed by atoms with Crippen LogP contribution in [0.25, 0.3) is 0 Å². The molecule has 0 spiro atoms. The van der Waals surface area contributed by atoms with Gasteiger partial charge in [0.2, 0.25) is 0 Å². The predicted octanol–water partition coefficient (Wildman–Crippen LogP) is 2.77. The molecule has 0 unspecified atom stereocenters. The van der Waals surface area contributed by atoms with E-state index in [9.17, 15) is 8.42 Å². The molecule has 0 aliphatic carbocycles. The second-order valence-corrected chi connectivity index (χ2v) is 8.14. The summed E-state index contributed by atoms with van der Waals surface area (Å²) in [5, 5.41) is 4.14. The lowest BCUT2D eigenvalue weighted by atomic mass is 10.3. The Hall–Kier alpha value is -1.47. The fourth-order valence-corrected chi connectivity index (χ4v) is 4.85. The Morgan fingerprint density at radius 2 is 2.05 bits per heavy atom. The van der Waals surface area contributed by atoms with Crippen molar-refractivity contribution >= 4 is 27.5 Å². The SMILES string of the molecule is CC(C)n1cc(S(=O)(=O)N2CCSc3ccccc32)cn1. The van der Waals surface area contributed by atoms with Crippen LogP contribution in [-0.2, 0) is 10.0 Å². The minimum atomic E-state index is -3.55. The Labute approximate surface area is 129 Å². The van der Waals surface area contributed by atoms with Crippen LogP contribution < -0.4 is 4.31 Å². The van der Waals surface area contributed by atoms with Crippen molar-refractivity contribution in [2.45, 2.75) is 29.7 Å². The third kappa shape index (κ3) is 2.55. The number of benzene rings is 1. The molecule has 1 aromatic carbocycles. The van der Waals surface area contributed by atoms with Gasteiger partial charge < -0.3 is 0 Å². The van der Waals surface area contributed by atoms with Crippen molar-refractivity contribution in [1.29, 1.82) is 0 Å². The minimum Gasteiger partial charge on any atom is -0.269 e. The van der Waals surface area contributed by atoms with Crippen molar-refractivity contribution in [3.05, 3.63) is 36.7 Å². The summed E-state index contributed by atoms with van der Waals surface area (Å²) in [7, 11) is -3.55. The van der Waals surface area contributed by atoms with Gasteiger partial charge in [-0.15, -0.1) is 11.8 Å². The van der Waals surface area contributed by atoms with Crippen LogP contribution in [-0.4, -0.2) is 30.5 Å². The zero-order valence-electron chi connectivity index (χ0n) is 11.9. The summed E-state index contributed by atoms with van der Waals surface area (Å²) in [6.07, 6.45) is 3.03. The van der Waals surface area contributed by atoms with Crippen molar-refractivity contribution in [1.82, 2.24) is 9.78 Å². The van der Waals surface area contributed by atoms with Gasteiger partial charge in [0.15, 0.2) is 0 Å². The third-order valence-electron chi connectivity index (χ3n) is 3.38. The highest BCUT2D eigenvalue weighted by Gasteiger charge is 2.30. The van der Waals surface area contributed by atoms with Gasteiger partial charge >= 0.3 is 0 Å². The molecule has 5 nitrogen and oxygen atoms in total. The van der Waals surface area contributed by atoms with E-state index < -0.39 is 10.0 Å². The zero-order valence-corrected chi connectivity index (χ0v) is 13.6. The molecule has 1 aliphatic heterocycles. The van der Waals surface area contributed by atoms with Gasteiger partial charge in [-0.25, -0.2) is 8.42 Å². The molecule has 0 atom stereocenters. The average molecular weight is 323 g/mol. The molecule has 0 radical (unpaired) electrons. The van der Waals surface area contributed by atoms with Crippen LogP contribution in [0.15, 0.2) is 46.5 Å². The fraction of sp³-hybridized carbons (Fsp3) is 0.357. The number of anilines is 1. The van der Waals surface area contributed by atoms with Gasteiger partial charge in [-0.05, 0) is 26.0 Å². The molecule has 2 aromatic rings. The predicted molar refractivity (Wildman–Crippen MR) is 84.3 cm³/mol. The highest BCUT2D eigenvalue weighted by molar-refractivity contribution is 8.00. The summed E-state index contributed by atoms with van der Waals surface area (Å²) in [5.74, 6) is 0.758. The lowest BCUT2D eigenvalue weighted by molar-refractivity contribution is 0.531. The van der Waals surface area contributed by atoms with Crippen molar-refractivity contribution in [2.75, 3.05) is 16.6 Å². The molecule has 0 amide bonds. The zero-order chi connectivity index (χ0) is 15.0. The number of hydrogen-bond acceptors (Lipinski definition) is 4. The number of thioether (sulfide) groups is 1. The molecule has 0 saturated carbocycles. The van der Waals surface area contributed by atoms with Crippen LogP contribution >= 0.6 is 11.8 Å². The van der Waals surface area contributed by atoms with E-state index in [0.29, 0.717) is 6.54 Å². The summed E-state index contributed by atoms with van der Waals surface area (Å²) in [5.41, 5.74) is 0.756. The van der Waals surface area contributed by atoms with E-state index in [1.54, 1.807) is 22.6 Å². The lowest BCUT2D eigenvalue weighted by Gasteiger charge is -2.29. The number of nitrogens with zero attached hydrogens (tertiary/aromatic N) is 3. The van der Waals surface area contributed by atoms with Crippen LogP contribution in [0.2, 0.25) is 0 Å². The second-order valence-electron chi connectivity index (χ2n) is 5.14. The molecule has 0 N–H and O–H groups in total. The fourth-order valence-electron chi connectivity index (χ4n) is 2.26. The Balaban J connectivity index is 2.03. The average Bonchev–Trinajstić information content (AvgIpc) is 2.97. The first kappa shape index (κ1) is 14.5. The molecule has 7 heteroatoms. The molecule has 1 aromatic heterocycles. The summed E-state index contributed by atoms with van der Waals surface area (Å²) < 4.78 is 28.8. The highest BCUT2D eigenvalue weighted by atomic mass is 32.2. The maximum atomic E-state index is 12.8. The first-order valence-corrected chi connectivity index (χ1v) is 9.21. The van der Waals surface area contributed by atoms with Gasteiger partial charge in [0.1, 0.15) is 4.90 Å². The van der Waals surface area contributed by atoms with Gasteiger partial charge in [0.25, 0.3) is 10.0 Å². The monoisotopic (exact) mass is 323 g/mol. The molecule has 2 heterocycles. The molecule has 3 rings (SSSR count). The number of hydrogen-bond donors (Lipinski definition) is 0. The molecule has 21 heavy (non-hydrogen) atoms. The number of sulfonamides is 1. The molecular formula is C14H17N3O2S2. The smallest absolute Gasteiger partial charge is 0.267 e. The van der Waals surface area contributed by atoms with E-state index in [2.05, 4.69) is 5.10 Å². The van der Waals surface area contributed by atoms with E-state index in [1.165, 1.54) is 10.5 Å². The second kappa shape index (κ2) is 5.38. The van der Waals surface area contributed by atoms with Gasteiger partial charge in [0.05, 0.1) is 11.9 Å². The van der Waals surface area contributed by atoms with Gasteiger partial charge in [-0.1, -0.05) is 12.1 Å².